The number of rotatable bonds is 7. The molecule has 0 unspecified atom stereocenters. The molecule has 0 bridgehead atoms. The molecular formula is C31H27NO4. The average molecular weight is 478 g/mol. The first-order valence-electron chi connectivity index (χ1n) is 11.5. The standard InChI is InChI=1S/C31H27NO4/c1-21-27-18-16-26(32(2)3)20-29(27)36-31(35)28(21)17-14-24-10-6-22(7-11-24)4-5-23-8-12-25(13-9-23)15-19-30(33)34/h4-20H,1-3H3,(H,33,34)/b5-4+,17-14+,19-15+. The fraction of sp³-hybridized carbons (Fsp3) is 0.0968. The van der Waals surface area contributed by atoms with Gasteiger partial charge in [-0.05, 0) is 59.0 Å². The predicted molar refractivity (Wildman–Crippen MR) is 149 cm³/mol. The first-order chi connectivity index (χ1) is 17.3. The molecule has 0 fully saturated rings. The van der Waals surface area contributed by atoms with Crippen LogP contribution in [0.1, 0.15) is 33.4 Å². The third kappa shape index (κ3) is 5.88. The van der Waals surface area contributed by atoms with E-state index in [0.29, 0.717) is 11.1 Å². The Morgan fingerprint density at radius 1 is 0.778 bits per heavy atom. The number of aliphatic carboxylic acids is 1. The van der Waals surface area contributed by atoms with Crippen LogP contribution in [0.4, 0.5) is 5.69 Å². The molecule has 3 aromatic carbocycles. The van der Waals surface area contributed by atoms with Crippen LogP contribution in [0.2, 0.25) is 0 Å². The SMILES string of the molecule is Cc1c(/C=C/c2ccc(/C=C/c3ccc(/C=C/C(=O)O)cc3)cc2)c(=O)oc2cc(N(C)C)ccc12. The quantitative estimate of drug-likeness (QED) is 0.184. The van der Waals surface area contributed by atoms with Gasteiger partial charge in [0.2, 0.25) is 0 Å². The van der Waals surface area contributed by atoms with Gasteiger partial charge < -0.3 is 14.4 Å². The Morgan fingerprint density at radius 2 is 1.28 bits per heavy atom. The van der Waals surface area contributed by atoms with Gasteiger partial charge in [-0.15, -0.1) is 0 Å². The van der Waals surface area contributed by atoms with E-state index >= 15 is 0 Å². The lowest BCUT2D eigenvalue weighted by atomic mass is 10.0. The maximum Gasteiger partial charge on any atom is 0.343 e. The van der Waals surface area contributed by atoms with Gasteiger partial charge in [-0.2, -0.15) is 0 Å². The molecule has 0 spiro atoms. The van der Waals surface area contributed by atoms with Gasteiger partial charge in [0.05, 0.1) is 5.56 Å². The Morgan fingerprint density at radius 3 is 1.78 bits per heavy atom. The van der Waals surface area contributed by atoms with Crippen LogP contribution in [0.25, 0.3) is 41.3 Å². The Labute approximate surface area is 209 Å². The number of carbonyl (C=O) groups is 1. The van der Waals surface area contributed by atoms with E-state index in [4.69, 9.17) is 9.52 Å². The topological polar surface area (TPSA) is 70.7 Å². The van der Waals surface area contributed by atoms with Gasteiger partial charge in [-0.1, -0.05) is 66.8 Å². The molecule has 0 atom stereocenters. The van der Waals surface area contributed by atoms with Crippen molar-refractivity contribution in [2.75, 3.05) is 19.0 Å². The summed E-state index contributed by atoms with van der Waals surface area (Å²) in [5.74, 6) is -0.966. The van der Waals surface area contributed by atoms with Crippen LogP contribution in [0.5, 0.6) is 0 Å². The van der Waals surface area contributed by atoms with Crippen LogP contribution in [0.15, 0.2) is 82.0 Å². The first-order valence-corrected chi connectivity index (χ1v) is 11.5. The minimum atomic E-state index is -0.966. The highest BCUT2D eigenvalue weighted by Gasteiger charge is 2.10. The number of carboxylic acid groups (broad SMARTS) is 1. The van der Waals surface area contributed by atoms with E-state index < -0.39 is 5.97 Å². The molecular weight excluding hydrogens is 450 g/mol. The molecule has 1 N–H and O–H groups in total. The fourth-order valence-corrected chi connectivity index (χ4v) is 3.81. The second-order valence-corrected chi connectivity index (χ2v) is 8.67. The van der Waals surface area contributed by atoms with Gasteiger partial charge in [0.15, 0.2) is 0 Å². The molecule has 0 amide bonds. The summed E-state index contributed by atoms with van der Waals surface area (Å²) >= 11 is 0. The Balaban J connectivity index is 1.48. The molecule has 0 radical (unpaired) electrons. The lowest BCUT2D eigenvalue weighted by Crippen LogP contribution is -2.09. The highest BCUT2D eigenvalue weighted by atomic mass is 16.4. The van der Waals surface area contributed by atoms with Crippen molar-refractivity contribution in [1.29, 1.82) is 0 Å². The molecule has 0 aliphatic rings. The molecule has 0 saturated heterocycles. The normalized spacial score (nSPS) is 11.8. The maximum atomic E-state index is 12.6. The van der Waals surface area contributed by atoms with Crippen molar-refractivity contribution in [3.63, 3.8) is 0 Å². The number of anilines is 1. The summed E-state index contributed by atoms with van der Waals surface area (Å²) in [5, 5.41) is 9.64. The largest absolute Gasteiger partial charge is 0.478 e. The molecule has 0 aliphatic heterocycles. The predicted octanol–water partition coefficient (Wildman–Crippen LogP) is 6.61. The Kier molecular flexibility index (Phi) is 7.31. The van der Waals surface area contributed by atoms with E-state index in [-0.39, 0.29) is 5.63 Å². The summed E-state index contributed by atoms with van der Waals surface area (Å²) in [5.41, 5.74) is 6.52. The summed E-state index contributed by atoms with van der Waals surface area (Å²) in [6, 6.07) is 21.5. The summed E-state index contributed by atoms with van der Waals surface area (Å²) in [6.07, 6.45) is 10.4. The minimum Gasteiger partial charge on any atom is -0.478 e. The first kappa shape index (κ1) is 24.5. The van der Waals surface area contributed by atoms with Crippen molar-refractivity contribution in [3.05, 3.63) is 117 Å². The van der Waals surface area contributed by atoms with E-state index in [1.165, 1.54) is 0 Å². The highest BCUT2D eigenvalue weighted by molar-refractivity contribution is 5.87. The third-order valence-corrected chi connectivity index (χ3v) is 5.91. The highest BCUT2D eigenvalue weighted by Crippen LogP contribution is 2.25. The number of fused-ring (bicyclic) bond motifs is 1. The van der Waals surface area contributed by atoms with E-state index in [9.17, 15) is 9.59 Å². The zero-order chi connectivity index (χ0) is 25.7. The summed E-state index contributed by atoms with van der Waals surface area (Å²) in [4.78, 5) is 25.2. The number of benzene rings is 3. The monoisotopic (exact) mass is 477 g/mol. The van der Waals surface area contributed by atoms with Crippen LogP contribution in [0.3, 0.4) is 0 Å². The van der Waals surface area contributed by atoms with E-state index in [2.05, 4.69) is 0 Å². The van der Waals surface area contributed by atoms with E-state index in [1.54, 1.807) is 6.08 Å². The van der Waals surface area contributed by atoms with Gasteiger partial charge in [-0.3, -0.25) is 0 Å². The van der Waals surface area contributed by atoms with Crippen LogP contribution >= 0.6 is 0 Å². The molecule has 1 heterocycles. The molecule has 0 aliphatic carbocycles. The van der Waals surface area contributed by atoms with Gasteiger partial charge in [-0.25, -0.2) is 9.59 Å². The second-order valence-electron chi connectivity index (χ2n) is 8.67. The van der Waals surface area contributed by atoms with Gasteiger partial charge >= 0.3 is 11.6 Å². The van der Waals surface area contributed by atoms with Gasteiger partial charge in [0.25, 0.3) is 0 Å². The third-order valence-electron chi connectivity index (χ3n) is 5.91. The van der Waals surface area contributed by atoms with Crippen LogP contribution in [-0.4, -0.2) is 25.2 Å². The number of nitrogens with zero attached hydrogens (tertiary/aromatic N) is 1. The average Bonchev–Trinajstić information content (AvgIpc) is 2.87. The summed E-state index contributed by atoms with van der Waals surface area (Å²) < 4.78 is 5.60. The molecule has 4 rings (SSSR count). The summed E-state index contributed by atoms with van der Waals surface area (Å²) in [6.45, 7) is 1.94. The van der Waals surface area contributed by atoms with Crippen molar-refractivity contribution in [2.24, 2.45) is 0 Å². The lowest BCUT2D eigenvalue weighted by molar-refractivity contribution is -0.131. The molecule has 0 saturated carbocycles. The molecule has 36 heavy (non-hydrogen) atoms. The van der Waals surface area contributed by atoms with E-state index in [0.717, 1.165) is 45.0 Å². The van der Waals surface area contributed by atoms with Crippen molar-refractivity contribution < 1.29 is 14.3 Å². The number of hydrogen-bond donors (Lipinski definition) is 1. The second kappa shape index (κ2) is 10.7. The van der Waals surface area contributed by atoms with Crippen LogP contribution in [-0.2, 0) is 4.79 Å². The molecule has 180 valence electrons. The van der Waals surface area contributed by atoms with Gasteiger partial charge in [0, 0.05) is 37.3 Å². The van der Waals surface area contributed by atoms with Crippen LogP contribution in [0, 0.1) is 6.92 Å². The molecule has 1 aromatic heterocycles. The lowest BCUT2D eigenvalue weighted by Gasteiger charge is -2.13. The van der Waals surface area contributed by atoms with Gasteiger partial charge in [0.1, 0.15) is 5.58 Å². The Hall–Kier alpha value is -4.64. The number of hydrogen-bond acceptors (Lipinski definition) is 4. The fourth-order valence-electron chi connectivity index (χ4n) is 3.81. The molecule has 5 nitrogen and oxygen atoms in total. The smallest absolute Gasteiger partial charge is 0.343 e. The summed E-state index contributed by atoms with van der Waals surface area (Å²) in [7, 11) is 3.90. The molecule has 5 heteroatoms. The number of carboxylic acids is 1. The van der Waals surface area contributed by atoms with E-state index in [1.807, 2.05) is 117 Å². The number of aryl methyl sites for hydroxylation is 1. The zero-order valence-electron chi connectivity index (χ0n) is 20.4. The van der Waals surface area contributed by atoms with Crippen molar-refractivity contribution in [2.45, 2.75) is 6.92 Å². The zero-order valence-corrected chi connectivity index (χ0v) is 20.4. The van der Waals surface area contributed by atoms with Crippen molar-refractivity contribution in [1.82, 2.24) is 0 Å². The minimum absolute atomic E-state index is 0.351. The van der Waals surface area contributed by atoms with Crippen LogP contribution < -0.4 is 10.5 Å². The maximum absolute atomic E-state index is 12.6. The van der Waals surface area contributed by atoms with Crippen molar-refractivity contribution in [3.8, 4) is 0 Å². The Bertz CT molecular complexity index is 1540. The van der Waals surface area contributed by atoms with Crippen molar-refractivity contribution >= 4 is 53.0 Å². The molecule has 4 aromatic rings.